The number of methoxy groups -OCH3 is 2. The Balaban J connectivity index is 2.31. The molecule has 11 nitrogen and oxygen atoms in total. The first-order valence-electron chi connectivity index (χ1n) is 6.92. The van der Waals surface area contributed by atoms with Crippen LogP contribution in [0.4, 0.5) is 5.69 Å². The number of amides is 1. The van der Waals surface area contributed by atoms with E-state index in [0.29, 0.717) is 0 Å². The average molecular weight is 459 g/mol. The second kappa shape index (κ2) is 8.64. The molecule has 2 N–H and O–H groups in total. The van der Waals surface area contributed by atoms with Gasteiger partial charge in [0.1, 0.15) is 4.47 Å². The number of halogens is 1. The monoisotopic (exact) mass is 458 g/mol. The van der Waals surface area contributed by atoms with Crippen molar-refractivity contribution in [2.45, 2.75) is 0 Å². The van der Waals surface area contributed by atoms with Crippen molar-refractivity contribution < 1.29 is 29.1 Å². The summed E-state index contributed by atoms with van der Waals surface area (Å²) in [4.78, 5) is 33.4. The molecule has 1 aromatic carbocycles. The van der Waals surface area contributed by atoms with Crippen LogP contribution in [0.2, 0.25) is 0 Å². The first-order valence-corrected chi connectivity index (χ1v) is 8.53. The van der Waals surface area contributed by atoms with Crippen LogP contribution < -0.4 is 10.1 Å². The molecule has 0 unspecified atom stereocenters. The van der Waals surface area contributed by atoms with Crippen molar-refractivity contribution in [1.29, 1.82) is 0 Å². The normalized spacial score (nSPS) is 16.8. The van der Waals surface area contributed by atoms with Crippen molar-refractivity contribution in [3.63, 3.8) is 0 Å². The van der Waals surface area contributed by atoms with Crippen LogP contribution in [0.15, 0.2) is 31.7 Å². The number of phenolic OH excluding ortho intramolecular Hbond substituents is 1. The van der Waals surface area contributed by atoms with E-state index in [0.717, 1.165) is 30.1 Å². The van der Waals surface area contributed by atoms with Gasteiger partial charge in [0, 0.05) is 6.08 Å². The number of rotatable bonds is 5. The number of hydrogen-bond donors (Lipinski definition) is 2. The molecule has 1 fully saturated rings. The van der Waals surface area contributed by atoms with Crippen LogP contribution in [0.25, 0.3) is 0 Å². The fraction of sp³-hybridized carbons (Fsp3) is 0.143. The third-order valence-electron chi connectivity index (χ3n) is 3.07. The van der Waals surface area contributed by atoms with Crippen LogP contribution in [0.1, 0.15) is 5.56 Å². The first-order chi connectivity index (χ1) is 12.8. The molecule has 1 saturated heterocycles. The van der Waals surface area contributed by atoms with Crippen LogP contribution in [-0.2, 0) is 14.3 Å². The first kappa shape index (κ1) is 20.4. The maximum Gasteiger partial charge on any atom is 0.331 e. The molecule has 1 aliphatic rings. The average Bonchev–Trinajstić information content (AvgIpc) is 2.97. The summed E-state index contributed by atoms with van der Waals surface area (Å²) in [6.07, 6.45) is 2.05. The van der Waals surface area contributed by atoms with Gasteiger partial charge in [0.25, 0.3) is 11.6 Å². The number of thioether (sulfide) groups is 1. The highest BCUT2D eigenvalue weighted by Gasteiger charge is 2.25. The molecule has 1 amide bonds. The second-order valence-electron chi connectivity index (χ2n) is 4.67. The molecular weight excluding hydrogens is 448 g/mol. The minimum Gasteiger partial charge on any atom is -0.504 e. The lowest BCUT2D eigenvalue weighted by atomic mass is 10.1. The minimum atomic E-state index is -0.699. The largest absolute Gasteiger partial charge is 0.504 e. The third kappa shape index (κ3) is 4.62. The van der Waals surface area contributed by atoms with Gasteiger partial charge in [-0.3, -0.25) is 20.2 Å². The molecule has 0 radical (unpaired) electrons. The molecule has 1 aromatic rings. The molecule has 2 rings (SSSR count). The molecule has 0 aromatic heterocycles. The van der Waals surface area contributed by atoms with Crippen molar-refractivity contribution >= 4 is 56.6 Å². The van der Waals surface area contributed by atoms with Crippen molar-refractivity contribution in [3.05, 3.63) is 37.2 Å². The van der Waals surface area contributed by atoms with Crippen LogP contribution in [0.5, 0.6) is 11.5 Å². The van der Waals surface area contributed by atoms with Gasteiger partial charge in [-0.05, 0) is 27.7 Å². The Hall–Kier alpha value is -2.93. The summed E-state index contributed by atoms with van der Waals surface area (Å²) in [6.45, 7) is 0. The van der Waals surface area contributed by atoms with Crippen LogP contribution in [-0.4, -0.2) is 47.5 Å². The molecule has 13 heteroatoms. The van der Waals surface area contributed by atoms with E-state index in [-0.39, 0.29) is 37.3 Å². The minimum absolute atomic E-state index is 0.0239. The van der Waals surface area contributed by atoms with Crippen molar-refractivity contribution in [2.24, 2.45) is 10.2 Å². The number of ether oxygens (including phenoxy) is 2. The Kier molecular flexibility index (Phi) is 6.52. The Morgan fingerprint density at radius 3 is 2.78 bits per heavy atom. The molecule has 1 aliphatic heterocycles. The number of nitrogens with zero attached hydrogens (tertiary/aromatic N) is 3. The standard InChI is InChI=1S/C14H11BrN4O7S/c1-25-8-3-7(19(23)24)11(15)6(12(8)21)5-16-18-14-17-13(22)9(27-14)4-10(20)26-2/h3-5,21H,1-2H3,(H,17,18,22)/b9-4+,16-5?. The van der Waals surface area contributed by atoms with Gasteiger partial charge in [-0.15, -0.1) is 5.10 Å². The number of aromatic hydroxyl groups is 1. The highest BCUT2D eigenvalue weighted by atomic mass is 79.9. The van der Waals surface area contributed by atoms with E-state index in [1.54, 1.807) is 0 Å². The van der Waals surface area contributed by atoms with Crippen molar-refractivity contribution in [3.8, 4) is 11.5 Å². The molecule has 27 heavy (non-hydrogen) atoms. The van der Waals surface area contributed by atoms with E-state index in [4.69, 9.17) is 4.74 Å². The number of esters is 1. The Bertz CT molecular complexity index is 913. The molecule has 0 atom stereocenters. The van der Waals surface area contributed by atoms with Gasteiger partial charge in [-0.1, -0.05) is 0 Å². The SMILES string of the molecule is COC(=O)/C=C1/S/C(=N\N=Cc2c(O)c(OC)cc([N+](=O)[O-])c2Br)NC1=O. The van der Waals surface area contributed by atoms with Crippen molar-refractivity contribution in [2.75, 3.05) is 14.2 Å². The van der Waals surface area contributed by atoms with E-state index in [9.17, 15) is 24.8 Å². The molecule has 0 bridgehead atoms. The lowest BCUT2D eigenvalue weighted by Crippen LogP contribution is -2.19. The second-order valence-corrected chi connectivity index (χ2v) is 6.49. The van der Waals surface area contributed by atoms with Gasteiger partial charge in [-0.25, -0.2) is 4.79 Å². The van der Waals surface area contributed by atoms with Gasteiger partial charge >= 0.3 is 5.97 Å². The van der Waals surface area contributed by atoms with E-state index < -0.39 is 16.8 Å². The lowest BCUT2D eigenvalue weighted by Gasteiger charge is -2.08. The third-order valence-corrected chi connectivity index (χ3v) is 4.80. The van der Waals surface area contributed by atoms with E-state index in [2.05, 4.69) is 36.2 Å². The highest BCUT2D eigenvalue weighted by Crippen LogP contribution is 2.40. The van der Waals surface area contributed by atoms with Gasteiger partial charge in [0.15, 0.2) is 16.7 Å². The fourth-order valence-electron chi connectivity index (χ4n) is 1.82. The highest BCUT2D eigenvalue weighted by molar-refractivity contribution is 9.10. The quantitative estimate of drug-likeness (QED) is 0.222. The van der Waals surface area contributed by atoms with Gasteiger partial charge in [-0.2, -0.15) is 5.10 Å². The number of hydrogen-bond acceptors (Lipinski definition) is 10. The topological polar surface area (TPSA) is 153 Å². The summed E-state index contributed by atoms with van der Waals surface area (Å²) in [5.41, 5.74) is -0.379. The lowest BCUT2D eigenvalue weighted by molar-refractivity contribution is -0.385. The zero-order chi connectivity index (χ0) is 20.1. The van der Waals surface area contributed by atoms with Gasteiger partial charge < -0.3 is 14.6 Å². The maximum absolute atomic E-state index is 11.7. The smallest absolute Gasteiger partial charge is 0.331 e. The number of nitrogens with one attached hydrogen (secondary N) is 1. The summed E-state index contributed by atoms with van der Waals surface area (Å²) in [5, 5.41) is 31.1. The summed E-state index contributed by atoms with van der Waals surface area (Å²) in [5.74, 6) is -1.76. The number of carbonyl (C=O) groups is 2. The number of nitro groups is 1. The summed E-state index contributed by atoms with van der Waals surface area (Å²) in [6, 6.07) is 1.06. The predicted octanol–water partition coefficient (Wildman–Crippen LogP) is 1.68. The predicted molar refractivity (Wildman–Crippen MR) is 99.9 cm³/mol. The summed E-state index contributed by atoms with van der Waals surface area (Å²) in [7, 11) is 2.42. The van der Waals surface area contributed by atoms with Crippen molar-refractivity contribution in [1.82, 2.24) is 5.32 Å². The number of carbonyl (C=O) groups excluding carboxylic acids is 2. The van der Waals surface area contributed by atoms with Gasteiger partial charge in [0.2, 0.25) is 0 Å². The summed E-state index contributed by atoms with van der Waals surface area (Å²) >= 11 is 3.88. The maximum atomic E-state index is 11.7. The summed E-state index contributed by atoms with van der Waals surface area (Å²) < 4.78 is 9.31. The van der Waals surface area contributed by atoms with E-state index in [1.165, 1.54) is 14.2 Å². The number of phenols is 1. The zero-order valence-corrected chi connectivity index (χ0v) is 16.2. The van der Waals surface area contributed by atoms with E-state index >= 15 is 0 Å². The fourth-order valence-corrected chi connectivity index (χ4v) is 3.11. The Morgan fingerprint density at radius 1 is 1.48 bits per heavy atom. The Labute approximate surface area is 164 Å². The molecule has 0 saturated carbocycles. The molecule has 0 spiro atoms. The van der Waals surface area contributed by atoms with Gasteiger partial charge in [0.05, 0.1) is 41.9 Å². The van der Waals surface area contributed by atoms with Crippen LogP contribution in [0.3, 0.4) is 0 Å². The molecule has 142 valence electrons. The van der Waals surface area contributed by atoms with E-state index in [1.807, 2.05) is 0 Å². The van der Waals surface area contributed by atoms with Crippen LogP contribution >= 0.6 is 27.7 Å². The number of benzene rings is 1. The zero-order valence-electron chi connectivity index (χ0n) is 13.8. The molecule has 0 aliphatic carbocycles. The van der Waals surface area contributed by atoms with Crippen LogP contribution in [0, 0.1) is 10.1 Å². The molecule has 1 heterocycles. The molecular formula is C14H11BrN4O7S. The number of amidine groups is 1. The number of nitro benzene ring substituents is 1. The Morgan fingerprint density at radius 2 is 2.19 bits per heavy atom.